The molecule has 0 radical (unpaired) electrons. The Morgan fingerprint density at radius 2 is 1.75 bits per heavy atom. The zero-order valence-corrected chi connectivity index (χ0v) is 19.9. The van der Waals surface area contributed by atoms with Crippen LogP contribution in [0.15, 0.2) is 48.0 Å². The number of halogens is 2. The molecule has 0 aliphatic carbocycles. The first kappa shape index (κ1) is 23.7. The number of methoxy groups -OCH3 is 3. The van der Waals surface area contributed by atoms with Crippen molar-refractivity contribution in [3.05, 3.63) is 58.7 Å². The summed E-state index contributed by atoms with van der Waals surface area (Å²) in [6, 6.07) is 10.9. The second-order valence-corrected chi connectivity index (χ2v) is 7.92. The van der Waals surface area contributed by atoms with E-state index in [0.29, 0.717) is 28.0 Å². The van der Waals surface area contributed by atoms with Gasteiger partial charge in [0.25, 0.3) is 0 Å². The van der Waals surface area contributed by atoms with Crippen LogP contribution in [0.1, 0.15) is 5.69 Å². The first-order valence-electron chi connectivity index (χ1n) is 9.33. The molecule has 0 bridgehead atoms. The van der Waals surface area contributed by atoms with Crippen LogP contribution in [0.2, 0.25) is 5.02 Å². The van der Waals surface area contributed by atoms with Crippen molar-refractivity contribution in [2.45, 2.75) is 6.42 Å². The monoisotopic (exact) mass is 493 g/mol. The van der Waals surface area contributed by atoms with Crippen molar-refractivity contribution in [3.63, 3.8) is 0 Å². The number of nitrogens with one attached hydrogen (secondary N) is 1. The summed E-state index contributed by atoms with van der Waals surface area (Å²) in [5.74, 6) is 1.24. The van der Waals surface area contributed by atoms with Gasteiger partial charge in [0.05, 0.1) is 33.4 Å². The minimum Gasteiger partial charge on any atom is -0.493 e. The van der Waals surface area contributed by atoms with E-state index in [1.807, 2.05) is 40.2 Å². The second-order valence-electron chi connectivity index (χ2n) is 6.65. The predicted molar refractivity (Wildman–Crippen MR) is 129 cm³/mol. The number of hydrogen-bond donors (Lipinski definition) is 1. The molecule has 0 fully saturated rings. The fraction of sp³-hybridized carbons (Fsp3) is 0.182. The molecule has 10 heteroatoms. The number of carbonyl (C=O) groups excluding carboxylic acids is 1. The maximum absolute atomic E-state index is 12.7. The SMILES string of the molecule is COc1cc(NC(=O)Cc2csc3nc(-c4ccc(Cl)cc4)cn23)cc(OC)c1OC.Cl. The Bertz CT molecular complexity index is 1210. The standard InChI is InChI=1S/C22H20ClN3O4S.ClH/c1-28-18-8-15(9-19(29-2)21(18)30-3)24-20(27)10-16-12-31-22-25-17(11-26(16)22)13-4-6-14(23)7-5-13;/h4-9,11-12H,10H2,1-3H3,(H,24,27);1H. The van der Waals surface area contributed by atoms with Crippen molar-refractivity contribution < 1.29 is 19.0 Å². The third-order valence-electron chi connectivity index (χ3n) is 4.71. The van der Waals surface area contributed by atoms with Gasteiger partial charge in [0, 0.05) is 45.7 Å². The van der Waals surface area contributed by atoms with E-state index in [-0.39, 0.29) is 24.7 Å². The van der Waals surface area contributed by atoms with Crippen molar-refractivity contribution >= 4 is 51.9 Å². The summed E-state index contributed by atoms with van der Waals surface area (Å²) in [5.41, 5.74) is 3.19. The lowest BCUT2D eigenvalue weighted by molar-refractivity contribution is -0.115. The van der Waals surface area contributed by atoms with Gasteiger partial charge in [-0.05, 0) is 12.1 Å². The van der Waals surface area contributed by atoms with E-state index in [2.05, 4.69) is 10.3 Å². The number of amides is 1. The van der Waals surface area contributed by atoms with Gasteiger partial charge in [0.2, 0.25) is 11.7 Å². The van der Waals surface area contributed by atoms with Crippen LogP contribution in [0.4, 0.5) is 5.69 Å². The fourth-order valence-electron chi connectivity index (χ4n) is 3.24. The minimum atomic E-state index is -0.171. The molecule has 168 valence electrons. The summed E-state index contributed by atoms with van der Waals surface area (Å²) < 4.78 is 17.9. The smallest absolute Gasteiger partial charge is 0.230 e. The molecule has 0 saturated heterocycles. The molecule has 4 rings (SSSR count). The Morgan fingerprint density at radius 3 is 2.34 bits per heavy atom. The lowest BCUT2D eigenvalue weighted by Gasteiger charge is -2.14. The molecular weight excluding hydrogens is 473 g/mol. The number of benzene rings is 2. The molecule has 1 amide bonds. The van der Waals surface area contributed by atoms with Gasteiger partial charge in [-0.1, -0.05) is 23.7 Å². The van der Waals surface area contributed by atoms with Crippen LogP contribution < -0.4 is 19.5 Å². The van der Waals surface area contributed by atoms with Gasteiger partial charge in [-0.25, -0.2) is 4.98 Å². The van der Waals surface area contributed by atoms with Gasteiger partial charge in [0.1, 0.15) is 0 Å². The second kappa shape index (κ2) is 10.1. The summed E-state index contributed by atoms with van der Waals surface area (Å²) in [5, 5.41) is 5.50. The van der Waals surface area contributed by atoms with Crippen LogP contribution in [-0.2, 0) is 11.2 Å². The number of carbonyl (C=O) groups is 1. The van der Waals surface area contributed by atoms with Crippen LogP contribution in [0.5, 0.6) is 17.2 Å². The number of hydrogen-bond acceptors (Lipinski definition) is 6. The van der Waals surface area contributed by atoms with E-state index in [1.165, 1.54) is 32.7 Å². The van der Waals surface area contributed by atoms with Crippen LogP contribution >= 0.6 is 35.3 Å². The summed E-state index contributed by atoms with van der Waals surface area (Å²) in [4.78, 5) is 18.2. The third kappa shape index (κ3) is 4.77. The molecule has 0 spiro atoms. The normalized spacial score (nSPS) is 10.5. The van der Waals surface area contributed by atoms with E-state index in [4.69, 9.17) is 25.8 Å². The Labute approximate surface area is 200 Å². The number of fused-ring (bicyclic) bond motifs is 1. The van der Waals surface area contributed by atoms with E-state index in [9.17, 15) is 4.79 Å². The largest absolute Gasteiger partial charge is 0.493 e. The first-order chi connectivity index (χ1) is 15.0. The number of thiazole rings is 1. The number of ether oxygens (including phenoxy) is 3. The van der Waals surface area contributed by atoms with Crippen LogP contribution in [-0.4, -0.2) is 36.6 Å². The molecule has 0 saturated carbocycles. The molecule has 2 heterocycles. The van der Waals surface area contributed by atoms with Gasteiger partial charge in [-0.2, -0.15) is 0 Å². The predicted octanol–water partition coefficient (Wildman–Crippen LogP) is 5.35. The minimum absolute atomic E-state index is 0. The average molecular weight is 494 g/mol. The summed E-state index contributed by atoms with van der Waals surface area (Å²) in [6.45, 7) is 0. The first-order valence-corrected chi connectivity index (χ1v) is 10.6. The summed E-state index contributed by atoms with van der Waals surface area (Å²) in [6.07, 6.45) is 2.12. The van der Waals surface area contributed by atoms with Crippen LogP contribution in [0.3, 0.4) is 0 Å². The summed E-state index contributed by atoms with van der Waals surface area (Å²) in [7, 11) is 4.59. The van der Waals surface area contributed by atoms with Crippen LogP contribution in [0.25, 0.3) is 16.2 Å². The number of aromatic nitrogens is 2. The summed E-state index contributed by atoms with van der Waals surface area (Å²) >= 11 is 7.46. The Hall–Kier alpha value is -2.94. The topological polar surface area (TPSA) is 74.1 Å². The van der Waals surface area contributed by atoms with Gasteiger partial charge in [-0.3, -0.25) is 9.20 Å². The van der Waals surface area contributed by atoms with E-state index < -0.39 is 0 Å². The average Bonchev–Trinajstić information content (AvgIpc) is 3.35. The maximum Gasteiger partial charge on any atom is 0.230 e. The highest BCUT2D eigenvalue weighted by molar-refractivity contribution is 7.15. The Morgan fingerprint density at radius 1 is 1.09 bits per heavy atom. The van der Waals surface area contributed by atoms with Crippen molar-refractivity contribution in [2.24, 2.45) is 0 Å². The Balaban J connectivity index is 0.00000289. The molecule has 2 aromatic carbocycles. The Kier molecular flexibility index (Phi) is 7.50. The van der Waals surface area contributed by atoms with Gasteiger partial charge in [0.15, 0.2) is 16.5 Å². The van der Waals surface area contributed by atoms with Crippen LogP contribution in [0, 0.1) is 0 Å². The molecule has 32 heavy (non-hydrogen) atoms. The van der Waals surface area contributed by atoms with Crippen molar-refractivity contribution in [2.75, 3.05) is 26.6 Å². The highest BCUT2D eigenvalue weighted by Gasteiger charge is 2.16. The number of nitrogens with zero attached hydrogens (tertiary/aromatic N) is 2. The highest BCUT2D eigenvalue weighted by atomic mass is 35.5. The van der Waals surface area contributed by atoms with Crippen molar-refractivity contribution in [3.8, 4) is 28.5 Å². The van der Waals surface area contributed by atoms with Crippen molar-refractivity contribution in [1.29, 1.82) is 0 Å². The maximum atomic E-state index is 12.7. The highest BCUT2D eigenvalue weighted by Crippen LogP contribution is 2.40. The molecule has 2 aromatic heterocycles. The van der Waals surface area contributed by atoms with Gasteiger partial charge < -0.3 is 19.5 Å². The number of anilines is 1. The fourth-order valence-corrected chi connectivity index (χ4v) is 4.24. The van der Waals surface area contributed by atoms with E-state index in [1.54, 1.807) is 12.1 Å². The quantitative estimate of drug-likeness (QED) is 0.375. The number of rotatable bonds is 7. The molecule has 0 aliphatic rings. The van der Waals surface area contributed by atoms with Crippen molar-refractivity contribution in [1.82, 2.24) is 9.38 Å². The zero-order valence-electron chi connectivity index (χ0n) is 17.5. The van der Waals surface area contributed by atoms with E-state index >= 15 is 0 Å². The third-order valence-corrected chi connectivity index (χ3v) is 5.85. The zero-order chi connectivity index (χ0) is 22.0. The van der Waals surface area contributed by atoms with Gasteiger partial charge in [-0.15, -0.1) is 23.7 Å². The molecule has 0 aliphatic heterocycles. The van der Waals surface area contributed by atoms with Gasteiger partial charge >= 0.3 is 0 Å². The molecule has 1 N–H and O–H groups in total. The van der Waals surface area contributed by atoms with E-state index in [0.717, 1.165) is 21.9 Å². The molecule has 0 unspecified atom stereocenters. The molecule has 0 atom stereocenters. The number of imidazole rings is 1. The lowest BCUT2D eigenvalue weighted by Crippen LogP contribution is -2.15. The molecular formula is C22H21Cl2N3O4S. The molecule has 7 nitrogen and oxygen atoms in total. The lowest BCUT2D eigenvalue weighted by atomic mass is 10.2. The molecule has 4 aromatic rings.